The molecule has 0 saturated heterocycles. The highest BCUT2D eigenvalue weighted by Crippen LogP contribution is 2.29. The van der Waals surface area contributed by atoms with Crippen LogP contribution in [-0.2, 0) is 13.0 Å². The number of benzene rings is 1. The van der Waals surface area contributed by atoms with Crippen LogP contribution >= 0.6 is 11.3 Å². The zero-order valence-electron chi connectivity index (χ0n) is 17.1. The van der Waals surface area contributed by atoms with E-state index in [-0.39, 0.29) is 12.1 Å². The molecule has 3 aromatic heterocycles. The van der Waals surface area contributed by atoms with Crippen molar-refractivity contribution < 1.29 is 0 Å². The number of hydrogen-bond donors (Lipinski definition) is 1. The van der Waals surface area contributed by atoms with Crippen LogP contribution in [0.3, 0.4) is 0 Å². The van der Waals surface area contributed by atoms with Crippen molar-refractivity contribution in [3.8, 4) is 11.4 Å². The molecule has 4 aromatic rings. The van der Waals surface area contributed by atoms with Crippen molar-refractivity contribution in [3.05, 3.63) is 56.4 Å². The summed E-state index contributed by atoms with van der Waals surface area (Å²) in [6.45, 7) is 8.73. The number of rotatable bonds is 6. The van der Waals surface area contributed by atoms with E-state index < -0.39 is 0 Å². The lowest BCUT2D eigenvalue weighted by molar-refractivity contribution is 0.554. The summed E-state index contributed by atoms with van der Waals surface area (Å²) in [5, 5.41) is 13.5. The molecule has 1 aromatic carbocycles. The Morgan fingerprint density at radius 2 is 2.03 bits per heavy atom. The molecule has 0 aliphatic heterocycles. The summed E-state index contributed by atoms with van der Waals surface area (Å²) >= 11 is 1.58. The van der Waals surface area contributed by atoms with Crippen molar-refractivity contribution in [3.63, 3.8) is 0 Å². The first-order valence-corrected chi connectivity index (χ1v) is 10.6. The first-order valence-electron chi connectivity index (χ1n) is 9.81. The Morgan fingerprint density at radius 1 is 1.24 bits per heavy atom. The van der Waals surface area contributed by atoms with Crippen LogP contribution in [-0.4, -0.2) is 30.2 Å². The molecule has 1 N–H and O–H groups in total. The number of nitrogens with one attached hydrogen (secondary N) is 1. The molecular weight excluding hydrogens is 384 g/mol. The lowest BCUT2D eigenvalue weighted by Gasteiger charge is -2.08. The molecule has 0 aliphatic carbocycles. The normalized spacial score (nSPS) is 12.6. The van der Waals surface area contributed by atoms with Crippen LogP contribution in [0, 0.1) is 19.8 Å². The molecule has 0 radical (unpaired) electrons. The number of H-pyrrole nitrogens is 1. The maximum Gasteiger partial charge on any atom is 0.259 e. The second-order valence-corrected chi connectivity index (χ2v) is 8.71. The largest absolute Gasteiger partial charge is 0.308 e. The number of fused-ring (bicyclic) bond motifs is 1. The molecule has 29 heavy (non-hydrogen) atoms. The van der Waals surface area contributed by atoms with Crippen LogP contribution in [0.2, 0.25) is 0 Å². The van der Waals surface area contributed by atoms with Crippen LogP contribution in [0.25, 0.3) is 21.6 Å². The molecule has 0 spiro atoms. The minimum atomic E-state index is -0.0908. The summed E-state index contributed by atoms with van der Waals surface area (Å²) < 4.78 is 0. The van der Waals surface area contributed by atoms with Crippen molar-refractivity contribution in [1.82, 2.24) is 30.2 Å². The fourth-order valence-electron chi connectivity index (χ4n) is 3.41. The quantitative estimate of drug-likeness (QED) is 0.523. The van der Waals surface area contributed by atoms with E-state index in [1.165, 1.54) is 4.80 Å². The van der Waals surface area contributed by atoms with Gasteiger partial charge >= 0.3 is 0 Å². The van der Waals surface area contributed by atoms with Crippen molar-refractivity contribution in [2.45, 2.75) is 47.1 Å². The molecule has 8 heteroatoms. The standard InChI is InChI=1S/C21H24N6OS/c1-5-12(2)10-16-14(4)29-21-18(16)20(28)22-17(23-21)11-27-25-19(24-26-27)15-9-7-6-8-13(15)3/h6-9,12H,5,10-11H2,1-4H3,(H,22,23,28)/t12-/m1/s1. The highest BCUT2D eigenvalue weighted by molar-refractivity contribution is 7.18. The van der Waals surface area contributed by atoms with Gasteiger partial charge in [-0.15, -0.1) is 21.5 Å². The van der Waals surface area contributed by atoms with E-state index >= 15 is 0 Å². The molecule has 0 bridgehead atoms. The Balaban J connectivity index is 1.65. The van der Waals surface area contributed by atoms with Crippen molar-refractivity contribution in [1.29, 1.82) is 0 Å². The highest BCUT2D eigenvalue weighted by Gasteiger charge is 2.17. The van der Waals surface area contributed by atoms with Gasteiger partial charge in [-0.2, -0.15) is 4.80 Å². The van der Waals surface area contributed by atoms with E-state index in [2.05, 4.69) is 46.1 Å². The molecule has 4 rings (SSSR count). The van der Waals surface area contributed by atoms with Gasteiger partial charge < -0.3 is 4.98 Å². The summed E-state index contributed by atoms with van der Waals surface area (Å²) in [4.78, 5) is 23.8. The van der Waals surface area contributed by atoms with Crippen LogP contribution in [0.5, 0.6) is 0 Å². The Kier molecular flexibility index (Phi) is 5.27. The van der Waals surface area contributed by atoms with E-state index in [1.807, 2.05) is 31.2 Å². The van der Waals surface area contributed by atoms with Gasteiger partial charge in [-0.1, -0.05) is 44.5 Å². The van der Waals surface area contributed by atoms with E-state index in [0.29, 0.717) is 17.6 Å². The average Bonchev–Trinajstić information content (AvgIpc) is 3.26. The Bertz CT molecular complexity index is 1220. The summed E-state index contributed by atoms with van der Waals surface area (Å²) in [6.07, 6.45) is 1.98. The number of aromatic nitrogens is 6. The lowest BCUT2D eigenvalue weighted by Crippen LogP contribution is -2.16. The third-order valence-corrected chi connectivity index (χ3v) is 6.33. The molecule has 1 atom stereocenters. The summed E-state index contributed by atoms with van der Waals surface area (Å²) in [7, 11) is 0. The van der Waals surface area contributed by atoms with Crippen LogP contribution in [0.1, 0.15) is 42.1 Å². The number of tetrazole rings is 1. The second kappa shape index (κ2) is 7.87. The number of aromatic amines is 1. The summed E-state index contributed by atoms with van der Waals surface area (Å²) in [6, 6.07) is 7.91. The van der Waals surface area contributed by atoms with Gasteiger partial charge in [0.25, 0.3) is 5.56 Å². The summed E-state index contributed by atoms with van der Waals surface area (Å²) in [5.41, 5.74) is 3.06. The van der Waals surface area contributed by atoms with Crippen LogP contribution in [0.4, 0.5) is 0 Å². The molecule has 0 fully saturated rings. The predicted octanol–water partition coefficient (Wildman–Crippen LogP) is 3.89. The average molecular weight is 409 g/mol. The van der Waals surface area contributed by atoms with Gasteiger partial charge in [0.05, 0.1) is 5.39 Å². The minimum absolute atomic E-state index is 0.0908. The van der Waals surface area contributed by atoms with E-state index in [9.17, 15) is 4.79 Å². The van der Waals surface area contributed by atoms with E-state index in [1.54, 1.807) is 11.3 Å². The summed E-state index contributed by atoms with van der Waals surface area (Å²) in [5.74, 6) is 1.63. The second-order valence-electron chi connectivity index (χ2n) is 7.51. The molecule has 0 aliphatic rings. The Hall–Kier alpha value is -2.87. The monoisotopic (exact) mass is 408 g/mol. The molecule has 0 saturated carbocycles. The molecular formula is C21H24N6OS. The van der Waals surface area contributed by atoms with Gasteiger partial charge in [0.15, 0.2) is 0 Å². The van der Waals surface area contributed by atoms with Crippen LogP contribution < -0.4 is 5.56 Å². The zero-order chi connectivity index (χ0) is 20.5. The van der Waals surface area contributed by atoms with Gasteiger partial charge in [0.1, 0.15) is 17.2 Å². The SMILES string of the molecule is CC[C@@H](C)Cc1c(C)sc2nc(Cn3nnc(-c4ccccc4C)n3)[nH]c(=O)c12. The molecule has 7 nitrogen and oxygen atoms in total. The van der Waals surface area contributed by atoms with Gasteiger partial charge in [0, 0.05) is 10.4 Å². The third kappa shape index (κ3) is 3.85. The van der Waals surface area contributed by atoms with Crippen molar-refractivity contribution in [2.24, 2.45) is 5.92 Å². The predicted molar refractivity (Wildman–Crippen MR) is 115 cm³/mol. The van der Waals surface area contributed by atoms with E-state index in [0.717, 1.165) is 44.6 Å². The van der Waals surface area contributed by atoms with E-state index in [4.69, 9.17) is 0 Å². The Morgan fingerprint density at radius 3 is 2.79 bits per heavy atom. The van der Waals surface area contributed by atoms with Crippen molar-refractivity contribution in [2.75, 3.05) is 0 Å². The maximum atomic E-state index is 12.8. The number of thiophene rings is 1. The topological polar surface area (TPSA) is 89.3 Å². The molecule has 150 valence electrons. The first-order chi connectivity index (χ1) is 14.0. The Labute approximate surface area is 172 Å². The fourth-order valence-corrected chi connectivity index (χ4v) is 4.48. The molecule has 3 heterocycles. The van der Waals surface area contributed by atoms with Crippen molar-refractivity contribution >= 4 is 21.6 Å². The fraction of sp³-hybridized carbons (Fsp3) is 0.381. The van der Waals surface area contributed by atoms with Gasteiger partial charge in [-0.05, 0) is 42.5 Å². The third-order valence-electron chi connectivity index (χ3n) is 5.29. The number of nitrogens with zero attached hydrogens (tertiary/aromatic N) is 5. The van der Waals surface area contributed by atoms with Gasteiger partial charge in [-0.25, -0.2) is 4.98 Å². The van der Waals surface area contributed by atoms with Gasteiger partial charge in [0.2, 0.25) is 5.82 Å². The van der Waals surface area contributed by atoms with Crippen LogP contribution in [0.15, 0.2) is 29.1 Å². The number of hydrogen-bond acceptors (Lipinski definition) is 6. The molecule has 0 unspecified atom stereocenters. The highest BCUT2D eigenvalue weighted by atomic mass is 32.1. The minimum Gasteiger partial charge on any atom is -0.308 e. The van der Waals surface area contributed by atoms with Gasteiger partial charge in [-0.3, -0.25) is 4.79 Å². The zero-order valence-corrected chi connectivity index (χ0v) is 17.9. The maximum absolute atomic E-state index is 12.8. The smallest absolute Gasteiger partial charge is 0.259 e. The molecule has 0 amide bonds. The lowest BCUT2D eigenvalue weighted by atomic mass is 9.98. The number of aryl methyl sites for hydroxylation is 2. The first kappa shape index (κ1) is 19.4.